The van der Waals surface area contributed by atoms with E-state index in [-0.39, 0.29) is 0 Å². The van der Waals surface area contributed by atoms with Gasteiger partial charge in [0.15, 0.2) is 0 Å². The van der Waals surface area contributed by atoms with Crippen molar-refractivity contribution < 1.29 is 9.05 Å². The minimum absolute atomic E-state index is 0.597. The molecule has 0 saturated carbocycles. The van der Waals surface area contributed by atoms with Gasteiger partial charge in [-0.05, 0) is 43.2 Å². The second kappa shape index (κ2) is 7.85. The Morgan fingerprint density at radius 3 is 2.28 bits per heavy atom. The Morgan fingerprint density at radius 2 is 1.83 bits per heavy atom. The number of rotatable bonds is 8. The maximum absolute atomic E-state index is 5.67. The van der Waals surface area contributed by atoms with Crippen LogP contribution in [0.15, 0.2) is 18.3 Å². The molecule has 0 aliphatic carbocycles. The molecule has 0 atom stereocenters. The Hall–Kier alpha value is -0.480. The van der Waals surface area contributed by atoms with Crippen LogP contribution in [-0.4, -0.2) is 18.2 Å². The second-order valence-corrected chi connectivity index (χ2v) is 7.17. The standard InChI is InChI=1S/C12H21N2O2PS/c1-4-8-15-17(18,16-9-5-2)14-12-7-6-11(3)10-13-12/h6-7,10H,4-5,8-9H2,1-3H3,(H,13,14,18). The molecule has 0 amide bonds. The average Bonchev–Trinajstić information content (AvgIpc) is 2.37. The Balaban J connectivity index is 2.70. The maximum atomic E-state index is 5.67. The summed E-state index contributed by atoms with van der Waals surface area (Å²) >= 11 is 5.46. The number of hydrogen-bond acceptors (Lipinski definition) is 4. The van der Waals surface area contributed by atoms with Crippen molar-refractivity contribution in [1.82, 2.24) is 4.98 Å². The minimum atomic E-state index is -2.47. The Labute approximate surface area is 114 Å². The number of aryl methyl sites for hydroxylation is 1. The third-order valence-electron chi connectivity index (χ3n) is 2.09. The van der Waals surface area contributed by atoms with Crippen molar-refractivity contribution in [2.24, 2.45) is 0 Å². The van der Waals surface area contributed by atoms with Gasteiger partial charge in [0.2, 0.25) is 0 Å². The second-order valence-electron chi connectivity index (χ2n) is 4.00. The Kier molecular flexibility index (Phi) is 6.79. The van der Waals surface area contributed by atoms with Crippen LogP contribution >= 0.6 is 6.64 Å². The van der Waals surface area contributed by atoms with Gasteiger partial charge in [-0.2, -0.15) is 0 Å². The van der Waals surface area contributed by atoms with Crippen LogP contribution in [-0.2, 0) is 20.9 Å². The molecule has 4 nitrogen and oxygen atoms in total. The lowest BCUT2D eigenvalue weighted by molar-refractivity contribution is 0.250. The molecule has 0 bridgehead atoms. The molecule has 1 N–H and O–H groups in total. The van der Waals surface area contributed by atoms with E-state index in [0.717, 1.165) is 18.4 Å². The van der Waals surface area contributed by atoms with E-state index >= 15 is 0 Å². The van der Waals surface area contributed by atoms with Crippen LogP contribution in [0.3, 0.4) is 0 Å². The summed E-state index contributed by atoms with van der Waals surface area (Å²) in [6.07, 6.45) is 3.62. The van der Waals surface area contributed by atoms with E-state index in [4.69, 9.17) is 20.9 Å². The third kappa shape index (κ3) is 5.44. The highest BCUT2D eigenvalue weighted by Gasteiger charge is 2.19. The highest BCUT2D eigenvalue weighted by Crippen LogP contribution is 2.48. The van der Waals surface area contributed by atoms with Crippen LogP contribution in [0.5, 0.6) is 0 Å². The summed E-state index contributed by atoms with van der Waals surface area (Å²) < 4.78 is 11.3. The smallest absolute Gasteiger partial charge is 0.288 e. The molecule has 0 aliphatic heterocycles. The number of anilines is 1. The maximum Gasteiger partial charge on any atom is 0.288 e. The van der Waals surface area contributed by atoms with Gasteiger partial charge >= 0.3 is 0 Å². The normalized spacial score (nSPS) is 11.5. The summed E-state index contributed by atoms with van der Waals surface area (Å²) in [4.78, 5) is 4.27. The van der Waals surface area contributed by atoms with E-state index in [9.17, 15) is 0 Å². The lowest BCUT2D eigenvalue weighted by Gasteiger charge is -2.23. The van der Waals surface area contributed by atoms with Crippen LogP contribution in [0.2, 0.25) is 0 Å². The molecule has 1 heterocycles. The monoisotopic (exact) mass is 288 g/mol. The fourth-order valence-electron chi connectivity index (χ4n) is 1.20. The van der Waals surface area contributed by atoms with Crippen molar-refractivity contribution in [1.29, 1.82) is 0 Å². The highest BCUT2D eigenvalue weighted by molar-refractivity contribution is 8.10. The first-order chi connectivity index (χ1) is 8.59. The van der Waals surface area contributed by atoms with Crippen LogP contribution in [0.25, 0.3) is 0 Å². The van der Waals surface area contributed by atoms with Gasteiger partial charge in [0.1, 0.15) is 5.82 Å². The zero-order valence-electron chi connectivity index (χ0n) is 11.2. The van der Waals surface area contributed by atoms with Gasteiger partial charge in [-0.3, -0.25) is 0 Å². The summed E-state index contributed by atoms with van der Waals surface area (Å²) in [5.74, 6) is 0.705. The molecule has 6 heteroatoms. The van der Waals surface area contributed by atoms with E-state index in [1.54, 1.807) is 6.20 Å². The summed E-state index contributed by atoms with van der Waals surface area (Å²) in [5.41, 5.74) is 1.11. The number of nitrogens with one attached hydrogen (secondary N) is 1. The van der Waals surface area contributed by atoms with Gasteiger partial charge in [0.25, 0.3) is 6.64 Å². The van der Waals surface area contributed by atoms with Gasteiger partial charge in [-0.1, -0.05) is 19.9 Å². The summed E-state index contributed by atoms with van der Waals surface area (Å²) in [5, 5.41) is 3.12. The largest absolute Gasteiger partial charge is 0.314 e. The average molecular weight is 288 g/mol. The summed E-state index contributed by atoms with van der Waals surface area (Å²) in [7, 11) is 0. The molecular weight excluding hydrogens is 267 g/mol. The molecule has 0 aromatic carbocycles. The van der Waals surface area contributed by atoms with Crippen molar-refractivity contribution in [2.75, 3.05) is 18.3 Å². The first-order valence-corrected chi connectivity index (χ1v) is 8.83. The van der Waals surface area contributed by atoms with Crippen molar-refractivity contribution in [3.63, 3.8) is 0 Å². The van der Waals surface area contributed by atoms with Crippen LogP contribution in [0, 0.1) is 6.92 Å². The zero-order chi connectivity index (χ0) is 13.4. The topological polar surface area (TPSA) is 43.4 Å². The molecule has 1 aromatic rings. The first kappa shape index (κ1) is 15.6. The van der Waals surface area contributed by atoms with Crippen molar-refractivity contribution in [3.8, 4) is 0 Å². The minimum Gasteiger partial charge on any atom is -0.314 e. The number of hydrogen-bond donors (Lipinski definition) is 1. The predicted molar refractivity (Wildman–Crippen MR) is 79.4 cm³/mol. The summed E-state index contributed by atoms with van der Waals surface area (Å²) in [6, 6.07) is 3.87. The lowest BCUT2D eigenvalue weighted by atomic mass is 10.3. The number of pyridine rings is 1. The van der Waals surface area contributed by atoms with Crippen molar-refractivity contribution in [3.05, 3.63) is 23.9 Å². The molecule has 18 heavy (non-hydrogen) atoms. The fourth-order valence-corrected chi connectivity index (χ4v) is 3.39. The Morgan fingerprint density at radius 1 is 1.22 bits per heavy atom. The molecular formula is C12H21N2O2PS. The lowest BCUT2D eigenvalue weighted by Crippen LogP contribution is -2.07. The van der Waals surface area contributed by atoms with E-state index in [2.05, 4.69) is 10.1 Å². The van der Waals surface area contributed by atoms with Crippen molar-refractivity contribution >= 4 is 24.3 Å². The quantitative estimate of drug-likeness (QED) is 0.735. The van der Waals surface area contributed by atoms with Gasteiger partial charge < -0.3 is 14.1 Å². The van der Waals surface area contributed by atoms with Crippen LogP contribution in [0.1, 0.15) is 32.3 Å². The highest BCUT2D eigenvalue weighted by atomic mass is 32.5. The van der Waals surface area contributed by atoms with Gasteiger partial charge in [0.05, 0.1) is 13.2 Å². The number of nitrogens with zero attached hydrogens (tertiary/aromatic N) is 1. The van der Waals surface area contributed by atoms with Crippen LogP contribution in [0.4, 0.5) is 5.82 Å². The van der Waals surface area contributed by atoms with E-state index in [0.29, 0.717) is 19.0 Å². The molecule has 0 fully saturated rings. The molecule has 102 valence electrons. The molecule has 0 radical (unpaired) electrons. The molecule has 0 spiro atoms. The number of aromatic nitrogens is 1. The SMILES string of the molecule is CCCOP(=S)(Nc1ccc(C)cn1)OCCC. The third-order valence-corrected chi connectivity index (χ3v) is 4.55. The van der Waals surface area contributed by atoms with Gasteiger partial charge in [0, 0.05) is 6.20 Å². The zero-order valence-corrected chi connectivity index (χ0v) is 12.9. The molecule has 1 aromatic heterocycles. The molecule has 0 aliphatic rings. The summed E-state index contributed by atoms with van der Waals surface area (Å²) in [6.45, 7) is 4.81. The molecule has 0 saturated heterocycles. The van der Waals surface area contributed by atoms with Gasteiger partial charge in [-0.25, -0.2) is 4.98 Å². The van der Waals surface area contributed by atoms with E-state index in [1.807, 2.05) is 32.9 Å². The van der Waals surface area contributed by atoms with E-state index in [1.165, 1.54) is 0 Å². The Bertz CT molecular complexity index is 386. The van der Waals surface area contributed by atoms with Crippen LogP contribution < -0.4 is 5.09 Å². The molecule has 0 unspecified atom stereocenters. The molecule has 1 rings (SSSR count). The van der Waals surface area contributed by atoms with Crippen molar-refractivity contribution in [2.45, 2.75) is 33.6 Å². The fraction of sp³-hybridized carbons (Fsp3) is 0.583. The van der Waals surface area contributed by atoms with E-state index < -0.39 is 6.64 Å². The first-order valence-electron chi connectivity index (χ1n) is 6.19. The van der Waals surface area contributed by atoms with Gasteiger partial charge in [-0.15, -0.1) is 0 Å². The predicted octanol–water partition coefficient (Wildman–Crippen LogP) is 3.88.